The van der Waals surface area contributed by atoms with E-state index in [9.17, 15) is 0 Å². The molecular weight excluding hydrogens is 697 g/mol. The van der Waals surface area contributed by atoms with Gasteiger partial charge in [-0.25, -0.2) is 0 Å². The van der Waals surface area contributed by atoms with E-state index in [0.717, 1.165) is 25.7 Å². The molecule has 11 rings (SSSR count). The van der Waals surface area contributed by atoms with Crippen LogP contribution in [0, 0.1) is 0 Å². The van der Waals surface area contributed by atoms with Crippen molar-refractivity contribution in [3.05, 3.63) is 192 Å². The van der Waals surface area contributed by atoms with Crippen molar-refractivity contribution in [2.45, 2.75) is 69.1 Å². The fourth-order valence-electron chi connectivity index (χ4n) is 10.7. The van der Waals surface area contributed by atoms with Gasteiger partial charge in [-0.05, 0) is 145 Å². The summed E-state index contributed by atoms with van der Waals surface area (Å²) < 4.78 is 2.69. The number of rotatable bonds is 7. The van der Waals surface area contributed by atoms with Crippen LogP contribution in [0.2, 0.25) is 0 Å². The van der Waals surface area contributed by atoms with E-state index >= 15 is 0 Å². The van der Waals surface area contributed by atoms with Crippen LogP contribution in [0.3, 0.4) is 0 Å². The monoisotopic (exact) mass is 742 g/mol. The molecule has 1 atom stereocenters. The summed E-state index contributed by atoms with van der Waals surface area (Å²) >= 11 is 1.90. The first kappa shape index (κ1) is 33.7. The summed E-state index contributed by atoms with van der Waals surface area (Å²) in [7, 11) is 0. The van der Waals surface area contributed by atoms with Crippen molar-refractivity contribution >= 4 is 65.6 Å². The van der Waals surface area contributed by atoms with Crippen molar-refractivity contribution in [1.29, 1.82) is 0 Å². The van der Waals surface area contributed by atoms with E-state index in [1.54, 1.807) is 0 Å². The molecule has 1 fully saturated rings. The first-order valence-electron chi connectivity index (χ1n) is 20.7. The summed E-state index contributed by atoms with van der Waals surface area (Å²) in [5, 5.41) is 2.68. The van der Waals surface area contributed by atoms with Crippen molar-refractivity contribution in [2.24, 2.45) is 0 Å². The Morgan fingerprint density at radius 2 is 0.982 bits per heavy atom. The quantitative estimate of drug-likeness (QED) is 0.160. The van der Waals surface area contributed by atoms with Gasteiger partial charge in [0.25, 0.3) is 0 Å². The lowest BCUT2D eigenvalue weighted by Gasteiger charge is -2.37. The molecule has 274 valence electrons. The summed E-state index contributed by atoms with van der Waals surface area (Å²) in [5.41, 5.74) is 14.8. The van der Waals surface area contributed by atoms with E-state index in [1.165, 1.54) is 114 Å². The van der Waals surface area contributed by atoms with Crippen molar-refractivity contribution in [1.82, 2.24) is 0 Å². The zero-order valence-corrected chi connectivity index (χ0v) is 32.6. The molecule has 3 aliphatic rings. The average molecular weight is 743 g/mol. The minimum atomic E-state index is -0.112. The van der Waals surface area contributed by atoms with Crippen molar-refractivity contribution < 1.29 is 0 Å². The lowest BCUT2D eigenvalue weighted by Crippen LogP contribution is -2.27. The predicted octanol–water partition coefficient (Wildman–Crippen LogP) is 15.2. The average Bonchev–Trinajstić information content (AvgIpc) is 3.96. The summed E-state index contributed by atoms with van der Waals surface area (Å²) in [6.45, 7) is 0. The van der Waals surface area contributed by atoms with Crippen LogP contribution in [0.15, 0.2) is 164 Å². The number of hydrogen-bond acceptors (Lipinski definition) is 3. The van der Waals surface area contributed by atoms with Gasteiger partial charge >= 0.3 is 0 Å². The van der Waals surface area contributed by atoms with Crippen LogP contribution in [-0.2, 0) is 18.3 Å². The Morgan fingerprint density at radius 3 is 1.62 bits per heavy atom. The van der Waals surface area contributed by atoms with E-state index in [-0.39, 0.29) is 5.41 Å². The molecule has 1 heterocycles. The highest BCUT2D eigenvalue weighted by molar-refractivity contribution is 7.25. The Bertz CT molecular complexity index is 2650. The third-order valence-corrected chi connectivity index (χ3v) is 14.4. The predicted molar refractivity (Wildman–Crippen MR) is 238 cm³/mol. The van der Waals surface area contributed by atoms with Crippen molar-refractivity contribution in [3.63, 3.8) is 0 Å². The normalized spacial score (nSPS) is 17.7. The molecule has 0 amide bonds. The summed E-state index contributed by atoms with van der Waals surface area (Å²) in [5.74, 6) is 0.676. The molecule has 8 aromatic rings. The summed E-state index contributed by atoms with van der Waals surface area (Å²) in [4.78, 5) is 5.11. The van der Waals surface area contributed by atoms with Gasteiger partial charge in [-0.15, -0.1) is 11.3 Å². The number of anilines is 6. The highest BCUT2D eigenvalue weighted by atomic mass is 32.1. The fraction of sp³-hybridized carbons (Fsp3) is 0.208. The second kappa shape index (κ2) is 13.8. The third-order valence-electron chi connectivity index (χ3n) is 13.2. The molecule has 0 N–H and O–H groups in total. The Balaban J connectivity index is 1.12. The van der Waals surface area contributed by atoms with Crippen LogP contribution in [0.4, 0.5) is 34.1 Å². The van der Waals surface area contributed by atoms with Gasteiger partial charge in [-0.3, -0.25) is 0 Å². The molecule has 0 aliphatic heterocycles. The van der Waals surface area contributed by atoms with E-state index in [4.69, 9.17) is 0 Å². The van der Waals surface area contributed by atoms with Crippen LogP contribution in [0.5, 0.6) is 0 Å². The maximum Gasteiger partial charge on any atom is 0.0505 e. The maximum atomic E-state index is 2.61. The van der Waals surface area contributed by atoms with E-state index in [1.807, 2.05) is 11.3 Å². The van der Waals surface area contributed by atoms with Gasteiger partial charge < -0.3 is 9.80 Å². The molecule has 0 radical (unpaired) electrons. The van der Waals surface area contributed by atoms with Crippen LogP contribution < -0.4 is 9.80 Å². The number of fused-ring (bicyclic) bond motifs is 7. The fourth-order valence-corrected chi connectivity index (χ4v) is 11.8. The topological polar surface area (TPSA) is 6.48 Å². The smallest absolute Gasteiger partial charge is 0.0505 e. The molecule has 0 bridgehead atoms. The standard InChI is InChI=1S/C53H46N2S/c1-4-14-37(15-5-1)38-26-28-43(29-27-38)55(44-30-31-50-46(36-44)45-22-10-11-25-49(45)56-50)48-24-13-17-40-33-35-53(52(40)48)34-32-39-16-12-23-47(51(39)53)54(41-18-6-2-7-19-41)42-20-8-3-9-21-42/h2-3,6-13,16-31,36-37H,1,4-5,14-15,32-35H2/t53-/m1/s1. The SMILES string of the molecule is c1ccc(N(c2ccccc2)c2cccc3c2[C@@]2(CC3)CCc3cccc(N(c4ccc(C5CCCCC5)cc4)c4ccc5sc6ccccc6c5c4)c32)cc1. The molecule has 1 spiro atoms. The van der Waals surface area contributed by atoms with E-state index in [2.05, 4.69) is 174 Å². The second-order valence-corrected chi connectivity index (χ2v) is 17.3. The number of thiophene rings is 1. The molecular formula is C53H46N2S. The summed E-state index contributed by atoms with van der Waals surface area (Å²) in [6.07, 6.45) is 11.1. The minimum absolute atomic E-state index is 0.112. The molecule has 56 heavy (non-hydrogen) atoms. The Hall–Kier alpha value is -5.64. The van der Waals surface area contributed by atoms with Gasteiger partial charge in [0.1, 0.15) is 0 Å². The third kappa shape index (κ3) is 5.51. The minimum Gasteiger partial charge on any atom is -0.310 e. The molecule has 0 saturated heterocycles. The summed E-state index contributed by atoms with van der Waals surface area (Å²) in [6, 6.07) is 61.9. The molecule has 0 unspecified atom stereocenters. The van der Waals surface area contributed by atoms with Crippen LogP contribution in [0.1, 0.15) is 78.7 Å². The zero-order valence-electron chi connectivity index (χ0n) is 31.8. The van der Waals surface area contributed by atoms with Gasteiger partial charge in [0, 0.05) is 48.3 Å². The highest BCUT2D eigenvalue weighted by Gasteiger charge is 2.49. The number of para-hydroxylation sites is 2. The molecule has 2 nitrogen and oxygen atoms in total. The lowest BCUT2D eigenvalue weighted by molar-refractivity contribution is 0.443. The molecule has 3 aliphatic carbocycles. The molecule has 1 saturated carbocycles. The van der Waals surface area contributed by atoms with Crippen LogP contribution >= 0.6 is 11.3 Å². The van der Waals surface area contributed by atoms with Crippen molar-refractivity contribution in [2.75, 3.05) is 9.80 Å². The van der Waals surface area contributed by atoms with E-state index in [0.29, 0.717) is 5.92 Å². The molecule has 3 heteroatoms. The zero-order chi connectivity index (χ0) is 37.1. The van der Waals surface area contributed by atoms with Crippen molar-refractivity contribution in [3.8, 4) is 0 Å². The first-order valence-corrected chi connectivity index (χ1v) is 21.5. The second-order valence-electron chi connectivity index (χ2n) is 16.3. The molecule has 7 aromatic carbocycles. The van der Waals surface area contributed by atoms with Crippen LogP contribution in [-0.4, -0.2) is 0 Å². The number of benzene rings is 7. The van der Waals surface area contributed by atoms with Gasteiger partial charge in [0.05, 0.1) is 11.4 Å². The number of aryl methyl sites for hydroxylation is 2. The lowest BCUT2D eigenvalue weighted by atomic mass is 9.74. The van der Waals surface area contributed by atoms with Crippen LogP contribution in [0.25, 0.3) is 20.2 Å². The highest BCUT2D eigenvalue weighted by Crippen LogP contribution is 2.60. The first-order chi connectivity index (χ1) is 27.7. The number of nitrogens with zero attached hydrogens (tertiary/aromatic N) is 2. The van der Waals surface area contributed by atoms with Gasteiger partial charge in [-0.1, -0.05) is 110 Å². The largest absolute Gasteiger partial charge is 0.310 e. The Kier molecular flexibility index (Phi) is 8.32. The number of hydrogen-bond donors (Lipinski definition) is 0. The Morgan fingerprint density at radius 1 is 0.446 bits per heavy atom. The maximum absolute atomic E-state index is 2.61. The van der Waals surface area contributed by atoms with E-state index < -0.39 is 0 Å². The molecule has 1 aromatic heterocycles. The van der Waals surface area contributed by atoms with Gasteiger partial charge in [0.2, 0.25) is 0 Å². The van der Waals surface area contributed by atoms with Gasteiger partial charge in [-0.2, -0.15) is 0 Å². The van der Waals surface area contributed by atoms with Gasteiger partial charge in [0.15, 0.2) is 0 Å². The Labute approximate surface area is 334 Å².